The van der Waals surface area contributed by atoms with Crippen molar-refractivity contribution < 1.29 is 4.79 Å². The summed E-state index contributed by atoms with van der Waals surface area (Å²) in [5.74, 6) is 0.438. The lowest BCUT2D eigenvalue weighted by Crippen LogP contribution is -2.32. The number of rotatable bonds is 3. The molecule has 4 nitrogen and oxygen atoms in total. The van der Waals surface area contributed by atoms with E-state index in [-0.39, 0.29) is 5.91 Å². The van der Waals surface area contributed by atoms with Crippen molar-refractivity contribution in [2.24, 2.45) is 5.92 Å². The van der Waals surface area contributed by atoms with E-state index in [1.807, 2.05) is 13.0 Å². The number of piperidine rings is 1. The molecule has 1 fully saturated rings. The summed E-state index contributed by atoms with van der Waals surface area (Å²) in [5, 5.41) is 6.49. The van der Waals surface area contributed by atoms with Crippen molar-refractivity contribution in [2.45, 2.75) is 26.2 Å². The van der Waals surface area contributed by atoms with Gasteiger partial charge in [0.2, 0.25) is 5.91 Å². The second-order valence-corrected chi connectivity index (χ2v) is 5.17. The molecule has 1 atom stereocenters. The fourth-order valence-electron chi connectivity index (χ4n) is 2.20. The Balaban J connectivity index is 1.92. The van der Waals surface area contributed by atoms with E-state index in [4.69, 9.17) is 11.6 Å². The van der Waals surface area contributed by atoms with Crippen LogP contribution in [0.15, 0.2) is 12.3 Å². The third-order valence-corrected chi connectivity index (χ3v) is 3.42. The highest BCUT2D eigenvalue weighted by Gasteiger charge is 2.17. The second-order valence-electron chi connectivity index (χ2n) is 4.82. The number of nitrogens with zero attached hydrogens (tertiary/aromatic N) is 1. The van der Waals surface area contributed by atoms with Gasteiger partial charge in [0, 0.05) is 12.6 Å². The molecular weight excluding hydrogens is 250 g/mol. The Bertz CT molecular complexity index is 430. The number of hydrogen-bond acceptors (Lipinski definition) is 3. The number of halogens is 1. The summed E-state index contributed by atoms with van der Waals surface area (Å²) in [7, 11) is 0. The van der Waals surface area contributed by atoms with E-state index in [2.05, 4.69) is 15.6 Å². The zero-order valence-corrected chi connectivity index (χ0v) is 11.3. The summed E-state index contributed by atoms with van der Waals surface area (Å²) in [6.07, 6.45) is 4.48. The number of aromatic nitrogens is 1. The number of carbonyl (C=O) groups is 1. The molecule has 1 amide bonds. The van der Waals surface area contributed by atoms with Crippen molar-refractivity contribution in [2.75, 3.05) is 18.4 Å². The standard InChI is InChI=1S/C13H18ClN3O/c1-9-5-11(13(14)16-7-9)17-12(18)6-10-3-2-4-15-8-10/h5,7,10,15H,2-4,6,8H2,1H3,(H,17,18). The van der Waals surface area contributed by atoms with Gasteiger partial charge in [-0.05, 0) is 50.4 Å². The van der Waals surface area contributed by atoms with Gasteiger partial charge in [0.25, 0.3) is 0 Å². The molecule has 2 N–H and O–H groups in total. The number of amides is 1. The number of anilines is 1. The molecule has 1 aliphatic heterocycles. The van der Waals surface area contributed by atoms with Crippen molar-refractivity contribution in [1.29, 1.82) is 0 Å². The van der Waals surface area contributed by atoms with E-state index in [0.717, 1.165) is 31.5 Å². The lowest BCUT2D eigenvalue weighted by molar-refractivity contribution is -0.117. The van der Waals surface area contributed by atoms with E-state index >= 15 is 0 Å². The van der Waals surface area contributed by atoms with Gasteiger partial charge in [-0.25, -0.2) is 4.98 Å². The molecule has 5 heteroatoms. The molecule has 1 aromatic rings. The van der Waals surface area contributed by atoms with Crippen LogP contribution in [0, 0.1) is 12.8 Å². The maximum absolute atomic E-state index is 11.9. The third-order valence-electron chi connectivity index (χ3n) is 3.12. The summed E-state index contributed by atoms with van der Waals surface area (Å²) in [6, 6.07) is 1.84. The van der Waals surface area contributed by atoms with Crippen LogP contribution in [0.25, 0.3) is 0 Å². The SMILES string of the molecule is Cc1cnc(Cl)c(NC(=O)CC2CCCNC2)c1. The van der Waals surface area contributed by atoms with Crippen LogP contribution in [0.4, 0.5) is 5.69 Å². The smallest absolute Gasteiger partial charge is 0.224 e. The van der Waals surface area contributed by atoms with Gasteiger partial charge in [-0.1, -0.05) is 11.6 Å². The fraction of sp³-hybridized carbons (Fsp3) is 0.538. The zero-order chi connectivity index (χ0) is 13.0. The molecular formula is C13H18ClN3O. The molecule has 1 saturated heterocycles. The number of nitrogens with one attached hydrogen (secondary N) is 2. The van der Waals surface area contributed by atoms with Gasteiger partial charge in [-0.15, -0.1) is 0 Å². The van der Waals surface area contributed by atoms with Crippen molar-refractivity contribution >= 4 is 23.2 Å². The summed E-state index contributed by atoms with van der Waals surface area (Å²) in [6.45, 7) is 3.91. The molecule has 0 aliphatic carbocycles. The van der Waals surface area contributed by atoms with Gasteiger partial charge in [0.05, 0.1) is 5.69 Å². The number of hydrogen-bond donors (Lipinski definition) is 2. The number of aryl methyl sites for hydroxylation is 1. The molecule has 18 heavy (non-hydrogen) atoms. The van der Waals surface area contributed by atoms with Crippen LogP contribution >= 0.6 is 11.6 Å². The molecule has 0 aromatic carbocycles. The van der Waals surface area contributed by atoms with Crippen LogP contribution in [0.5, 0.6) is 0 Å². The highest BCUT2D eigenvalue weighted by molar-refractivity contribution is 6.32. The largest absolute Gasteiger partial charge is 0.323 e. The molecule has 0 saturated carbocycles. The van der Waals surface area contributed by atoms with Crippen molar-refractivity contribution in [3.8, 4) is 0 Å². The highest BCUT2D eigenvalue weighted by Crippen LogP contribution is 2.21. The first-order valence-electron chi connectivity index (χ1n) is 6.28. The predicted octanol–water partition coefficient (Wildman–Crippen LogP) is 2.37. The lowest BCUT2D eigenvalue weighted by atomic mass is 9.96. The topological polar surface area (TPSA) is 54.0 Å². The third kappa shape index (κ3) is 3.68. The average molecular weight is 268 g/mol. The van der Waals surface area contributed by atoms with Gasteiger partial charge in [-0.2, -0.15) is 0 Å². The van der Waals surface area contributed by atoms with Crippen molar-refractivity contribution in [3.05, 3.63) is 23.0 Å². The van der Waals surface area contributed by atoms with Gasteiger partial charge in [-0.3, -0.25) is 4.79 Å². The molecule has 98 valence electrons. The van der Waals surface area contributed by atoms with Crippen LogP contribution in [-0.2, 0) is 4.79 Å². The Labute approximate surface area is 112 Å². The molecule has 2 heterocycles. The quantitative estimate of drug-likeness (QED) is 0.827. The molecule has 0 bridgehead atoms. The van der Waals surface area contributed by atoms with E-state index in [1.54, 1.807) is 6.20 Å². The van der Waals surface area contributed by atoms with Crippen LogP contribution < -0.4 is 10.6 Å². The average Bonchev–Trinajstić information content (AvgIpc) is 2.35. The zero-order valence-electron chi connectivity index (χ0n) is 10.5. The van der Waals surface area contributed by atoms with Crippen LogP contribution in [0.1, 0.15) is 24.8 Å². The fourth-order valence-corrected chi connectivity index (χ4v) is 2.35. The first kappa shape index (κ1) is 13.3. The Morgan fingerprint density at radius 3 is 3.22 bits per heavy atom. The second kappa shape index (κ2) is 6.16. The van der Waals surface area contributed by atoms with Gasteiger partial charge in [0.15, 0.2) is 5.15 Å². The van der Waals surface area contributed by atoms with Gasteiger partial charge in [0.1, 0.15) is 0 Å². The molecule has 2 rings (SSSR count). The van der Waals surface area contributed by atoms with Crippen LogP contribution in [0.3, 0.4) is 0 Å². The molecule has 1 unspecified atom stereocenters. The molecule has 0 spiro atoms. The molecule has 1 aromatic heterocycles. The molecule has 0 radical (unpaired) electrons. The molecule has 1 aliphatic rings. The predicted molar refractivity (Wildman–Crippen MR) is 72.8 cm³/mol. The van der Waals surface area contributed by atoms with Gasteiger partial charge < -0.3 is 10.6 Å². The van der Waals surface area contributed by atoms with E-state index in [1.165, 1.54) is 0 Å². The number of carbonyl (C=O) groups excluding carboxylic acids is 1. The monoisotopic (exact) mass is 267 g/mol. The van der Waals surface area contributed by atoms with E-state index in [9.17, 15) is 4.79 Å². The summed E-state index contributed by atoms with van der Waals surface area (Å²) in [5.41, 5.74) is 1.58. The van der Waals surface area contributed by atoms with Crippen LogP contribution in [-0.4, -0.2) is 24.0 Å². The van der Waals surface area contributed by atoms with Crippen molar-refractivity contribution in [1.82, 2.24) is 10.3 Å². The normalized spacial score (nSPS) is 19.6. The Morgan fingerprint density at radius 1 is 1.67 bits per heavy atom. The summed E-state index contributed by atoms with van der Waals surface area (Å²) in [4.78, 5) is 15.9. The first-order valence-corrected chi connectivity index (χ1v) is 6.65. The highest BCUT2D eigenvalue weighted by atomic mass is 35.5. The Hall–Kier alpha value is -1.13. The van der Waals surface area contributed by atoms with E-state index in [0.29, 0.717) is 23.2 Å². The van der Waals surface area contributed by atoms with Crippen molar-refractivity contribution in [3.63, 3.8) is 0 Å². The minimum atomic E-state index is 0.0120. The lowest BCUT2D eigenvalue weighted by Gasteiger charge is -2.22. The Morgan fingerprint density at radius 2 is 2.50 bits per heavy atom. The first-order chi connectivity index (χ1) is 8.65. The van der Waals surface area contributed by atoms with Gasteiger partial charge >= 0.3 is 0 Å². The van der Waals surface area contributed by atoms with E-state index < -0.39 is 0 Å². The maximum atomic E-state index is 11.9. The minimum Gasteiger partial charge on any atom is -0.323 e. The summed E-state index contributed by atoms with van der Waals surface area (Å²) >= 11 is 5.94. The minimum absolute atomic E-state index is 0.0120. The number of pyridine rings is 1. The maximum Gasteiger partial charge on any atom is 0.224 e. The van der Waals surface area contributed by atoms with Crippen LogP contribution in [0.2, 0.25) is 5.15 Å². The Kier molecular flexibility index (Phi) is 4.55. The summed E-state index contributed by atoms with van der Waals surface area (Å²) < 4.78 is 0.